The molecule has 0 amide bonds. The van der Waals surface area contributed by atoms with Crippen molar-refractivity contribution in [1.29, 1.82) is 0 Å². The quantitative estimate of drug-likeness (QED) is 0.119. The predicted molar refractivity (Wildman–Crippen MR) is 411 cm³/mol. The molecule has 0 aliphatic carbocycles. The van der Waals surface area contributed by atoms with Crippen LogP contribution in [0.25, 0.3) is 178 Å². The Hall–Kier alpha value is -13.6. The molecule has 0 saturated carbocycles. The van der Waals surface area contributed by atoms with Gasteiger partial charge in [-0.15, -0.1) is 0 Å². The minimum absolute atomic E-state index is 0.648. The van der Waals surface area contributed by atoms with E-state index in [-0.39, 0.29) is 0 Å². The van der Waals surface area contributed by atoms with Crippen LogP contribution in [0.1, 0.15) is 0 Å². The van der Waals surface area contributed by atoms with Gasteiger partial charge in [0.25, 0.3) is 0 Å². The molecular formula is C92H60N8. The Morgan fingerprint density at radius 3 is 0.900 bits per heavy atom. The molecule has 0 saturated heterocycles. The van der Waals surface area contributed by atoms with Crippen molar-refractivity contribution < 1.29 is 0 Å². The van der Waals surface area contributed by atoms with Gasteiger partial charge in [-0.05, 0) is 108 Å². The minimum Gasteiger partial charge on any atom is -0.256 e. The average Bonchev–Trinajstić information content (AvgIpc) is 0.802. The molecule has 14 aromatic carbocycles. The molecule has 0 fully saturated rings. The Labute approximate surface area is 579 Å². The van der Waals surface area contributed by atoms with Gasteiger partial charge in [0, 0.05) is 67.7 Å². The van der Waals surface area contributed by atoms with Crippen LogP contribution in [0.15, 0.2) is 364 Å². The molecule has 8 nitrogen and oxygen atoms in total. The summed E-state index contributed by atoms with van der Waals surface area (Å²) in [5.41, 5.74) is 21.7. The summed E-state index contributed by atoms with van der Waals surface area (Å²) < 4.78 is 0. The van der Waals surface area contributed by atoms with Crippen molar-refractivity contribution in [2.45, 2.75) is 0 Å². The van der Waals surface area contributed by atoms with Crippen molar-refractivity contribution in [3.63, 3.8) is 0 Å². The number of benzene rings is 14. The highest BCUT2D eigenvalue weighted by Crippen LogP contribution is 2.38. The summed E-state index contributed by atoms with van der Waals surface area (Å²) in [5, 5.41) is 7.11. The minimum atomic E-state index is 0.648. The molecule has 0 radical (unpaired) electrons. The van der Waals surface area contributed by atoms with Gasteiger partial charge in [-0.25, -0.2) is 29.9 Å². The largest absolute Gasteiger partial charge is 0.256 e. The lowest BCUT2D eigenvalue weighted by Gasteiger charge is -2.11. The van der Waals surface area contributed by atoms with Crippen molar-refractivity contribution in [2.75, 3.05) is 0 Å². The number of nitrogens with zero attached hydrogens (tertiary/aromatic N) is 8. The fourth-order valence-electron chi connectivity index (χ4n) is 13.2. The van der Waals surface area contributed by atoms with Crippen LogP contribution in [-0.2, 0) is 0 Å². The Morgan fingerprint density at radius 1 is 0.170 bits per heavy atom. The summed E-state index contributed by atoms with van der Waals surface area (Å²) in [5.74, 6) is 3.92. The first-order valence-electron chi connectivity index (χ1n) is 33.4. The van der Waals surface area contributed by atoms with Crippen LogP contribution in [-0.4, -0.2) is 39.9 Å². The van der Waals surface area contributed by atoms with Crippen LogP contribution >= 0.6 is 0 Å². The van der Waals surface area contributed by atoms with Crippen molar-refractivity contribution in [3.8, 4) is 135 Å². The molecule has 0 aliphatic heterocycles. The maximum Gasteiger partial charge on any atom is 0.164 e. The van der Waals surface area contributed by atoms with Gasteiger partial charge in [0.2, 0.25) is 0 Å². The van der Waals surface area contributed by atoms with Crippen LogP contribution in [0.2, 0.25) is 0 Å². The number of fused-ring (bicyclic) bond motifs is 4. The third-order valence-electron chi connectivity index (χ3n) is 18.4. The molecule has 0 bridgehead atoms. The van der Waals surface area contributed by atoms with Gasteiger partial charge < -0.3 is 0 Å². The van der Waals surface area contributed by atoms with Crippen LogP contribution in [0.5, 0.6) is 0 Å². The zero-order valence-corrected chi connectivity index (χ0v) is 54.2. The molecule has 0 unspecified atom stereocenters. The maximum atomic E-state index is 4.90. The standard InChI is InChI=1S/2C46H30N4/c1-3-10-35(11-4-1)44-48-45(36-12-5-2-6-13-36)50-46(49-44)37-25-23-32(24-26-37)40-17-8-15-39-30-38(27-28-41(39)40)31-19-21-33(22-20-31)42-18-7-14-34-16-9-29-47-43(34)42;1-3-10-34(11-4-1)44-48-45(35-12-5-2-6-13-35)50-46(49-44)36-24-22-33(23-25-36)41-16-9-15-38-28-37(26-27-42(38)41)31-18-20-32(21-19-31)40-29-39-14-7-8-17-43(39)47-30-40/h2*1-30H. The normalized spacial score (nSPS) is 11.2. The van der Waals surface area contributed by atoms with Gasteiger partial charge in [-0.2, -0.15) is 0 Å². The summed E-state index contributed by atoms with van der Waals surface area (Å²) in [4.78, 5) is 38.6. The van der Waals surface area contributed by atoms with Crippen molar-refractivity contribution >= 4 is 43.4 Å². The second-order valence-corrected chi connectivity index (χ2v) is 24.7. The van der Waals surface area contributed by atoms with Crippen LogP contribution in [0, 0.1) is 0 Å². The molecule has 8 heteroatoms. The summed E-state index contributed by atoms with van der Waals surface area (Å²) in [6.45, 7) is 0. The van der Waals surface area contributed by atoms with E-state index in [9.17, 15) is 0 Å². The van der Waals surface area contributed by atoms with Crippen LogP contribution < -0.4 is 0 Å². The average molecular weight is 1280 g/mol. The van der Waals surface area contributed by atoms with Gasteiger partial charge in [0.05, 0.1) is 11.0 Å². The zero-order chi connectivity index (χ0) is 66.6. The predicted octanol–water partition coefficient (Wildman–Crippen LogP) is 23.2. The molecular weight excluding hydrogens is 1220 g/mol. The Kier molecular flexibility index (Phi) is 16.2. The third-order valence-corrected chi connectivity index (χ3v) is 18.4. The highest BCUT2D eigenvalue weighted by Gasteiger charge is 2.17. The number of hydrogen-bond acceptors (Lipinski definition) is 8. The van der Waals surface area contributed by atoms with Crippen molar-refractivity contribution in [1.82, 2.24) is 39.9 Å². The Morgan fingerprint density at radius 2 is 0.470 bits per heavy atom. The number of rotatable bonds is 12. The van der Waals surface area contributed by atoms with E-state index in [1.807, 2.05) is 152 Å². The van der Waals surface area contributed by atoms with E-state index in [4.69, 9.17) is 29.9 Å². The second kappa shape index (κ2) is 26.9. The lowest BCUT2D eigenvalue weighted by atomic mass is 9.94. The van der Waals surface area contributed by atoms with Crippen LogP contribution in [0.4, 0.5) is 0 Å². The first kappa shape index (κ1) is 60.1. The lowest BCUT2D eigenvalue weighted by molar-refractivity contribution is 1.07. The monoisotopic (exact) mass is 1280 g/mol. The van der Waals surface area contributed by atoms with E-state index < -0.39 is 0 Å². The summed E-state index contributed by atoms with van der Waals surface area (Å²) in [7, 11) is 0. The molecule has 0 atom stereocenters. The highest BCUT2D eigenvalue weighted by molar-refractivity contribution is 6.01. The number of pyridine rings is 2. The van der Waals surface area contributed by atoms with Crippen LogP contribution in [0.3, 0.4) is 0 Å². The van der Waals surface area contributed by atoms with E-state index >= 15 is 0 Å². The maximum absolute atomic E-state index is 4.90. The molecule has 0 spiro atoms. The van der Waals surface area contributed by atoms with E-state index in [0.717, 1.165) is 88.6 Å². The van der Waals surface area contributed by atoms with Gasteiger partial charge >= 0.3 is 0 Å². The number of hydrogen-bond donors (Lipinski definition) is 0. The molecule has 4 heterocycles. The van der Waals surface area contributed by atoms with Gasteiger partial charge in [0.1, 0.15) is 0 Å². The van der Waals surface area contributed by atoms with Crippen molar-refractivity contribution in [2.24, 2.45) is 0 Å². The first-order valence-corrected chi connectivity index (χ1v) is 33.4. The summed E-state index contributed by atoms with van der Waals surface area (Å²) in [6.07, 6.45) is 3.81. The Balaban J connectivity index is 0.000000150. The van der Waals surface area contributed by atoms with E-state index in [1.165, 1.54) is 54.9 Å². The summed E-state index contributed by atoms with van der Waals surface area (Å²) >= 11 is 0. The topological polar surface area (TPSA) is 103 Å². The van der Waals surface area contributed by atoms with Crippen molar-refractivity contribution in [3.05, 3.63) is 364 Å². The molecule has 0 N–H and O–H groups in total. The van der Waals surface area contributed by atoms with Gasteiger partial charge in [-0.1, -0.05) is 322 Å². The fraction of sp³-hybridized carbons (Fsp3) is 0. The number of para-hydroxylation sites is 2. The SMILES string of the molecule is c1ccc(-c2nc(-c3ccccc3)nc(-c3ccc(-c4cccc5cc(-c6ccc(-c7cccc8cccnc78)cc6)ccc45)cc3)n2)cc1.c1ccc(-c2nc(-c3ccccc3)nc(-c3ccc(-c4cccc5cc(-c6ccc(-c7cnc8ccccc8c7)cc6)ccc45)cc3)n2)cc1. The van der Waals surface area contributed by atoms with Gasteiger partial charge in [-0.3, -0.25) is 9.97 Å². The molecule has 18 rings (SSSR count). The van der Waals surface area contributed by atoms with E-state index in [1.54, 1.807) is 0 Å². The highest BCUT2D eigenvalue weighted by atomic mass is 15.0. The van der Waals surface area contributed by atoms with Gasteiger partial charge in [0.15, 0.2) is 34.9 Å². The molecule has 0 aliphatic rings. The number of aromatic nitrogens is 8. The summed E-state index contributed by atoms with van der Waals surface area (Å²) in [6, 6.07) is 122. The molecule has 18 aromatic rings. The van der Waals surface area contributed by atoms with E-state index in [2.05, 4.69) is 222 Å². The zero-order valence-electron chi connectivity index (χ0n) is 54.2. The smallest absolute Gasteiger partial charge is 0.164 e. The molecule has 100 heavy (non-hydrogen) atoms. The van der Waals surface area contributed by atoms with E-state index in [0.29, 0.717) is 34.9 Å². The third kappa shape index (κ3) is 12.4. The first-order chi connectivity index (χ1) is 49.5. The lowest BCUT2D eigenvalue weighted by Crippen LogP contribution is -2.00. The molecule has 468 valence electrons. The fourth-order valence-corrected chi connectivity index (χ4v) is 13.2. The Bertz CT molecular complexity index is 5850. The second-order valence-electron chi connectivity index (χ2n) is 24.7. The molecule has 4 aromatic heterocycles.